The molecule has 0 aliphatic rings. The highest BCUT2D eigenvalue weighted by atomic mass is 16.6. The number of aryl methyl sites for hydroxylation is 1. The summed E-state index contributed by atoms with van der Waals surface area (Å²) < 4.78 is 23.4. The second-order valence-corrected chi connectivity index (χ2v) is 5.90. The zero-order valence-corrected chi connectivity index (χ0v) is 14.8. The maximum atomic E-state index is 11.9. The van der Waals surface area contributed by atoms with Crippen molar-refractivity contribution in [1.82, 2.24) is 0 Å². The van der Waals surface area contributed by atoms with Crippen molar-refractivity contribution in [2.45, 2.75) is 33.5 Å². The topological polar surface area (TPSA) is 142 Å². The van der Waals surface area contributed by atoms with Gasteiger partial charge in [-0.2, -0.15) is 0 Å². The summed E-state index contributed by atoms with van der Waals surface area (Å²) in [7, 11) is 1.15. The first-order chi connectivity index (χ1) is 12.1. The third kappa shape index (κ3) is 6.20. The number of methoxy groups -OCH3 is 1. The fourth-order valence-corrected chi connectivity index (χ4v) is 1.63. The molecule has 1 atom stereocenters. The number of carbonyl (C=O) groups is 3. The monoisotopic (exact) mass is 372 g/mol. The lowest BCUT2D eigenvalue weighted by Gasteiger charge is -2.27. The zero-order valence-electron chi connectivity index (χ0n) is 14.8. The quantitative estimate of drug-likeness (QED) is 0.383. The van der Waals surface area contributed by atoms with Crippen LogP contribution in [0.15, 0.2) is 25.8 Å². The third-order valence-electron chi connectivity index (χ3n) is 3.29. The van der Waals surface area contributed by atoms with E-state index in [9.17, 15) is 24.3 Å². The number of aliphatic hydroxyl groups excluding tert-OH is 1. The van der Waals surface area contributed by atoms with Crippen LogP contribution in [0.3, 0.4) is 0 Å². The van der Waals surface area contributed by atoms with Crippen LogP contribution in [-0.2, 0) is 35.2 Å². The van der Waals surface area contributed by atoms with E-state index < -0.39 is 41.9 Å². The first-order valence-corrected chi connectivity index (χ1v) is 7.43. The van der Waals surface area contributed by atoms with Crippen molar-refractivity contribution < 1.29 is 42.5 Å². The molecule has 1 heterocycles. The zero-order chi connectivity index (χ0) is 19.9. The van der Waals surface area contributed by atoms with Gasteiger partial charge in [-0.15, -0.1) is 0 Å². The van der Waals surface area contributed by atoms with Gasteiger partial charge in [0.05, 0.1) is 13.7 Å². The van der Waals surface area contributed by atoms with Crippen molar-refractivity contribution in [3.63, 3.8) is 0 Å². The van der Waals surface area contributed by atoms with Gasteiger partial charge in [-0.1, -0.05) is 13.8 Å². The summed E-state index contributed by atoms with van der Waals surface area (Å²) >= 11 is 0. The predicted octanol–water partition coefficient (Wildman–Crippen LogP) is 0.244. The highest BCUT2D eigenvalue weighted by Gasteiger charge is 2.36. The lowest BCUT2D eigenvalue weighted by atomic mass is 9.87. The molecule has 0 bridgehead atoms. The summed E-state index contributed by atoms with van der Waals surface area (Å²) in [6, 6.07) is 0. The van der Waals surface area contributed by atoms with Crippen LogP contribution in [0, 0.1) is 12.3 Å². The molecule has 0 unspecified atom stereocenters. The molecule has 0 aliphatic heterocycles. The fourth-order valence-electron chi connectivity index (χ4n) is 1.63. The Labute approximate surface area is 148 Å². The van der Waals surface area contributed by atoms with E-state index in [0.717, 1.165) is 19.3 Å². The normalized spacial score (nSPS) is 12.7. The second-order valence-electron chi connectivity index (χ2n) is 5.90. The van der Waals surface area contributed by atoms with E-state index in [1.807, 2.05) is 0 Å². The average molecular weight is 372 g/mol. The Morgan fingerprint density at radius 1 is 1.15 bits per heavy atom. The van der Waals surface area contributed by atoms with Crippen molar-refractivity contribution in [2.24, 2.45) is 5.41 Å². The molecule has 1 rings (SSSR count). The van der Waals surface area contributed by atoms with Gasteiger partial charge in [0, 0.05) is 17.6 Å². The number of aliphatic hydroxyl groups is 1. The number of carbonyl (C=O) groups excluding carboxylic acids is 3. The standard InChI is InChI=1S/C16H20O10/c1-9-10(26-15(21)25-9)7-23-14(20)13(19)16(2,3)8-24-12(18)6-5-11(17)22-4/h5-6,13,19H,7-8H2,1-4H3/b6-5+/t13-/m0/s1. The largest absolute Gasteiger partial charge is 0.519 e. The van der Waals surface area contributed by atoms with Gasteiger partial charge < -0.3 is 28.2 Å². The molecule has 0 saturated heterocycles. The van der Waals surface area contributed by atoms with Crippen LogP contribution in [0.1, 0.15) is 25.4 Å². The Hall–Kier alpha value is -2.88. The van der Waals surface area contributed by atoms with E-state index >= 15 is 0 Å². The SMILES string of the molecule is COC(=O)/C=C/C(=O)OCC(C)(C)[C@@H](O)C(=O)OCc1oc(=O)oc1C. The van der Waals surface area contributed by atoms with Crippen LogP contribution in [-0.4, -0.2) is 42.8 Å². The predicted molar refractivity (Wildman–Crippen MR) is 83.7 cm³/mol. The van der Waals surface area contributed by atoms with Gasteiger partial charge in [-0.25, -0.2) is 19.2 Å². The summed E-state index contributed by atoms with van der Waals surface area (Å²) in [6.07, 6.45) is 0.107. The Morgan fingerprint density at radius 3 is 2.31 bits per heavy atom. The molecule has 0 aromatic carbocycles. The van der Waals surface area contributed by atoms with Crippen molar-refractivity contribution >= 4 is 17.9 Å². The molecular formula is C16H20O10. The summed E-state index contributed by atoms with van der Waals surface area (Å²) in [4.78, 5) is 45.2. The van der Waals surface area contributed by atoms with Crippen LogP contribution in [0.2, 0.25) is 0 Å². The fraction of sp³-hybridized carbons (Fsp3) is 0.500. The molecule has 10 nitrogen and oxygen atoms in total. The van der Waals surface area contributed by atoms with Crippen LogP contribution in [0.4, 0.5) is 0 Å². The van der Waals surface area contributed by atoms with Crippen molar-refractivity contribution in [3.05, 3.63) is 34.3 Å². The average Bonchev–Trinajstić information content (AvgIpc) is 2.92. The maximum Gasteiger partial charge on any atom is 0.519 e. The molecular weight excluding hydrogens is 352 g/mol. The van der Waals surface area contributed by atoms with Crippen molar-refractivity contribution in [3.8, 4) is 0 Å². The van der Waals surface area contributed by atoms with E-state index in [1.54, 1.807) is 0 Å². The molecule has 10 heteroatoms. The molecule has 144 valence electrons. The van der Waals surface area contributed by atoms with E-state index in [4.69, 9.17) is 9.47 Å². The number of ether oxygens (including phenoxy) is 3. The smallest absolute Gasteiger partial charge is 0.466 e. The molecule has 0 spiro atoms. The van der Waals surface area contributed by atoms with Crippen LogP contribution in [0.5, 0.6) is 0 Å². The van der Waals surface area contributed by atoms with Gasteiger partial charge >= 0.3 is 23.7 Å². The molecule has 0 fully saturated rings. The summed E-state index contributed by atoms with van der Waals surface area (Å²) in [5.41, 5.74) is -1.18. The van der Waals surface area contributed by atoms with Gasteiger partial charge in [0.2, 0.25) is 0 Å². The third-order valence-corrected chi connectivity index (χ3v) is 3.29. The Kier molecular flexibility index (Phi) is 7.32. The molecule has 0 aliphatic carbocycles. The van der Waals surface area contributed by atoms with E-state index in [1.165, 1.54) is 20.8 Å². The van der Waals surface area contributed by atoms with Gasteiger partial charge in [-0.3, -0.25) is 0 Å². The molecule has 0 saturated carbocycles. The minimum atomic E-state index is -1.63. The van der Waals surface area contributed by atoms with Gasteiger partial charge in [0.1, 0.15) is 0 Å². The molecule has 1 aromatic heterocycles. The lowest BCUT2D eigenvalue weighted by Crippen LogP contribution is -2.41. The minimum absolute atomic E-state index is 0.0210. The van der Waals surface area contributed by atoms with Crippen LogP contribution in [0.25, 0.3) is 0 Å². The summed E-state index contributed by atoms with van der Waals surface area (Å²) in [5.74, 6) is -3.33. The second kappa shape index (κ2) is 8.99. The summed E-state index contributed by atoms with van der Waals surface area (Å²) in [5, 5.41) is 10.1. The van der Waals surface area contributed by atoms with E-state index in [2.05, 4.69) is 13.6 Å². The Bertz CT molecular complexity index is 736. The summed E-state index contributed by atoms with van der Waals surface area (Å²) in [6.45, 7) is 3.67. The Morgan fingerprint density at radius 2 is 1.77 bits per heavy atom. The van der Waals surface area contributed by atoms with Gasteiger partial charge in [-0.05, 0) is 6.92 Å². The minimum Gasteiger partial charge on any atom is -0.466 e. The number of esters is 3. The first-order valence-electron chi connectivity index (χ1n) is 7.43. The number of hydrogen-bond acceptors (Lipinski definition) is 10. The van der Waals surface area contributed by atoms with E-state index in [0.29, 0.717) is 0 Å². The highest BCUT2D eigenvalue weighted by molar-refractivity contribution is 5.91. The van der Waals surface area contributed by atoms with Crippen molar-refractivity contribution in [1.29, 1.82) is 0 Å². The van der Waals surface area contributed by atoms with Crippen molar-refractivity contribution in [2.75, 3.05) is 13.7 Å². The molecule has 1 aromatic rings. The van der Waals surface area contributed by atoms with Crippen LogP contribution < -0.4 is 5.82 Å². The van der Waals surface area contributed by atoms with E-state index in [-0.39, 0.29) is 18.1 Å². The lowest BCUT2D eigenvalue weighted by molar-refractivity contribution is -0.167. The maximum absolute atomic E-state index is 11.9. The first kappa shape index (κ1) is 21.2. The Balaban J connectivity index is 2.55. The molecule has 0 radical (unpaired) electrons. The molecule has 0 amide bonds. The number of hydrogen-bond donors (Lipinski definition) is 1. The molecule has 26 heavy (non-hydrogen) atoms. The van der Waals surface area contributed by atoms with Crippen LogP contribution >= 0.6 is 0 Å². The molecule has 1 N–H and O–H groups in total. The number of rotatable bonds is 8. The van der Waals surface area contributed by atoms with Gasteiger partial charge in [0.25, 0.3) is 0 Å². The highest BCUT2D eigenvalue weighted by Crippen LogP contribution is 2.23. The van der Waals surface area contributed by atoms with Gasteiger partial charge in [0.15, 0.2) is 24.2 Å².